The molecule has 2 aromatic heterocycles. The van der Waals surface area contributed by atoms with Crippen LogP contribution in [0, 0.1) is 52.3 Å². The van der Waals surface area contributed by atoms with Gasteiger partial charge in [-0.3, -0.25) is 4.99 Å². The van der Waals surface area contributed by atoms with Gasteiger partial charge in [0.15, 0.2) is 5.96 Å². The van der Waals surface area contributed by atoms with E-state index in [1.807, 2.05) is 17.7 Å². The molecule has 12 atom stereocenters. The van der Waals surface area contributed by atoms with Crippen LogP contribution in [-0.4, -0.2) is 76.9 Å². The molecule has 7 aliphatic carbocycles. The number of aliphatic hydroxyl groups excluding tert-OH is 1. The van der Waals surface area contributed by atoms with Gasteiger partial charge in [-0.1, -0.05) is 41.7 Å². The Balaban J connectivity index is 1.24. The Morgan fingerprint density at radius 3 is 2.75 bits per heavy atom. The summed E-state index contributed by atoms with van der Waals surface area (Å²) in [6.45, 7) is 2.46. The Kier molecular flexibility index (Phi) is 7.45. The Morgan fingerprint density at radius 2 is 1.96 bits per heavy atom. The summed E-state index contributed by atoms with van der Waals surface area (Å²) in [7, 11) is 1.62. The Labute approximate surface area is 299 Å². The van der Waals surface area contributed by atoms with E-state index in [-0.39, 0.29) is 47.4 Å². The van der Waals surface area contributed by atoms with Gasteiger partial charge >= 0.3 is 0 Å². The second kappa shape index (κ2) is 11.4. The maximum Gasteiger partial charge on any atom is 0.189 e. The summed E-state index contributed by atoms with van der Waals surface area (Å²) in [5.41, 5.74) is 5.64. The molecule has 5 fully saturated rings. The van der Waals surface area contributed by atoms with Crippen molar-refractivity contribution in [3.05, 3.63) is 66.4 Å². The number of aromatic amines is 1. The predicted octanol–water partition coefficient (Wildman–Crippen LogP) is 3.66. The molecule has 0 amide bonds. The number of para-hydroxylation sites is 1. The first kappa shape index (κ1) is 33.2. The van der Waals surface area contributed by atoms with E-state index in [4.69, 9.17) is 5.73 Å². The van der Waals surface area contributed by atoms with Crippen LogP contribution in [0.2, 0.25) is 0 Å². The second-order valence-electron chi connectivity index (χ2n) is 17.5. The summed E-state index contributed by atoms with van der Waals surface area (Å²) in [5, 5.41) is 53.9. The fourth-order valence-corrected chi connectivity index (χ4v) is 12.6. The summed E-state index contributed by atoms with van der Waals surface area (Å²) in [4.78, 5) is 12.1. The van der Waals surface area contributed by atoms with Gasteiger partial charge in [0.05, 0.1) is 41.8 Å². The summed E-state index contributed by atoms with van der Waals surface area (Å²) >= 11 is 0. The first-order chi connectivity index (χ1) is 24.4. The first-order valence-electron chi connectivity index (χ1n) is 19.0. The summed E-state index contributed by atoms with van der Waals surface area (Å²) < 4.78 is 1.98. The van der Waals surface area contributed by atoms with Crippen LogP contribution in [0.15, 0.2) is 65.7 Å². The Bertz CT molecular complexity index is 1920. The zero-order chi connectivity index (χ0) is 35.4. The van der Waals surface area contributed by atoms with Crippen molar-refractivity contribution < 1.29 is 20.4 Å². The van der Waals surface area contributed by atoms with Crippen molar-refractivity contribution in [1.29, 1.82) is 0 Å². The van der Waals surface area contributed by atoms with Crippen LogP contribution in [0.4, 0.5) is 0 Å². The van der Waals surface area contributed by atoms with Gasteiger partial charge in [0, 0.05) is 54.8 Å². The van der Waals surface area contributed by atoms with Crippen LogP contribution < -0.4 is 11.1 Å². The molecule has 51 heavy (non-hydrogen) atoms. The lowest BCUT2D eigenvalue weighted by Gasteiger charge is -2.58. The number of aliphatic hydroxyl groups is 4. The number of aromatic nitrogens is 3. The van der Waals surface area contributed by atoms with E-state index in [1.165, 1.54) is 11.0 Å². The molecule has 5 saturated carbocycles. The lowest BCUT2D eigenvalue weighted by molar-refractivity contribution is -0.128. The molecular weight excluding hydrogens is 640 g/mol. The largest absolute Gasteiger partial charge is 0.390 e. The van der Waals surface area contributed by atoms with Crippen LogP contribution in [0.5, 0.6) is 0 Å². The SMILES string of the molecule is CN=C(N)N[C@H]1C#C[C@H]2C[C@]3(C=C(Cc4cc5ccccc5[nH]4)[C@]24C[C@H]2CC[C@@H]4[C@H]4[C@H](C[C@H](O)[C@@]4(O)C1)[C@]2(C)O)CC[C@](O)(Cn1ccnc1)C3. The van der Waals surface area contributed by atoms with E-state index in [0.29, 0.717) is 32.2 Å². The molecule has 0 unspecified atom stereocenters. The van der Waals surface area contributed by atoms with Crippen LogP contribution in [0.1, 0.15) is 70.4 Å². The van der Waals surface area contributed by atoms with E-state index in [1.54, 1.807) is 19.6 Å². The lowest BCUT2D eigenvalue weighted by Crippen LogP contribution is -2.56. The van der Waals surface area contributed by atoms with Gasteiger partial charge in [0.25, 0.3) is 0 Å². The molecule has 3 aromatic rings. The number of allylic oxidation sites excluding steroid dienone is 2. The van der Waals surface area contributed by atoms with Crippen molar-refractivity contribution in [3.8, 4) is 11.8 Å². The van der Waals surface area contributed by atoms with Gasteiger partial charge in [-0.2, -0.15) is 0 Å². The Morgan fingerprint density at radius 1 is 1.12 bits per heavy atom. The van der Waals surface area contributed by atoms with Gasteiger partial charge in [-0.15, -0.1) is 0 Å². The molecule has 2 spiro atoms. The highest BCUT2D eigenvalue weighted by Gasteiger charge is 2.72. The number of H-pyrrole nitrogens is 1. The zero-order valence-electron chi connectivity index (χ0n) is 29.7. The summed E-state index contributed by atoms with van der Waals surface area (Å²) in [6, 6.07) is 10.1. The standard InChI is InChI=1S/C41H52N6O4/c1-37(49)26-8-10-31-35-32(37)17-34(48)41(35,51)21-29(46-36(42)43-2)9-7-27-18-38(11-12-39(50,22-38)23-47-14-13-44-24-47)19-28(40(27,31)20-26)16-30-15-25-5-3-4-6-33(25)45-30/h3-6,13-15,19,24,26-27,29,31-32,34-35,45,48-51H,8,10-12,16-18,20-23H2,1-2H3,(H3,42,43,46)/t26-,27+,29+,31-,32+,34+,35+,37-,38+,39-,40+,41+/m1/s1. The average Bonchev–Trinajstić information content (AvgIpc) is 3.86. The molecule has 4 bridgehead atoms. The summed E-state index contributed by atoms with van der Waals surface area (Å²) in [6.07, 6.45) is 13.7. The van der Waals surface area contributed by atoms with Gasteiger partial charge < -0.3 is 41.0 Å². The number of hydrogen-bond acceptors (Lipinski definition) is 6. The highest BCUT2D eigenvalue weighted by Crippen LogP contribution is 2.72. The molecule has 2 heterocycles. The molecule has 0 radical (unpaired) electrons. The number of nitrogens with two attached hydrogens (primary N) is 1. The van der Waals surface area contributed by atoms with Crippen molar-refractivity contribution in [2.24, 2.45) is 51.1 Å². The number of guanidine groups is 1. The number of fused-ring (bicyclic) bond motifs is 2. The van der Waals surface area contributed by atoms with Gasteiger partial charge in [-0.05, 0) is 105 Å². The molecule has 10 rings (SSSR count). The van der Waals surface area contributed by atoms with Crippen molar-refractivity contribution in [1.82, 2.24) is 19.9 Å². The first-order valence-corrected chi connectivity index (χ1v) is 19.0. The Hall–Kier alpha value is -3.62. The molecule has 8 N–H and O–H groups in total. The van der Waals surface area contributed by atoms with Gasteiger partial charge in [0.2, 0.25) is 0 Å². The smallest absolute Gasteiger partial charge is 0.189 e. The molecule has 10 heteroatoms. The zero-order valence-corrected chi connectivity index (χ0v) is 29.7. The van der Waals surface area contributed by atoms with Gasteiger partial charge in [0.1, 0.15) is 0 Å². The van der Waals surface area contributed by atoms with Crippen molar-refractivity contribution in [3.63, 3.8) is 0 Å². The van der Waals surface area contributed by atoms with Crippen molar-refractivity contribution in [2.75, 3.05) is 7.05 Å². The predicted molar refractivity (Wildman–Crippen MR) is 195 cm³/mol. The van der Waals surface area contributed by atoms with E-state index in [2.05, 4.69) is 68.5 Å². The maximum atomic E-state index is 12.9. The third kappa shape index (κ3) is 5.06. The number of rotatable bonds is 5. The third-order valence-corrected chi connectivity index (χ3v) is 14.8. The van der Waals surface area contributed by atoms with Crippen LogP contribution in [0.25, 0.3) is 10.9 Å². The van der Waals surface area contributed by atoms with Crippen molar-refractivity contribution >= 4 is 16.9 Å². The molecule has 270 valence electrons. The molecule has 10 nitrogen and oxygen atoms in total. The number of imidazole rings is 1. The number of aliphatic imine (C=N–C) groups is 1. The van der Waals surface area contributed by atoms with Crippen molar-refractivity contribution in [2.45, 2.75) is 107 Å². The fourth-order valence-electron chi connectivity index (χ4n) is 12.6. The van der Waals surface area contributed by atoms with Crippen LogP contribution >= 0.6 is 0 Å². The number of nitrogens with one attached hydrogen (secondary N) is 2. The fraction of sp³-hybridized carbons (Fsp3) is 0.610. The van der Waals surface area contributed by atoms with Gasteiger partial charge in [-0.25, -0.2) is 4.98 Å². The number of nitrogens with zero attached hydrogens (tertiary/aromatic N) is 3. The minimum absolute atomic E-state index is 0.000679. The quantitative estimate of drug-likeness (QED) is 0.0929. The molecule has 0 aliphatic heterocycles. The van der Waals surface area contributed by atoms with E-state index < -0.39 is 34.4 Å². The average molecular weight is 693 g/mol. The highest BCUT2D eigenvalue weighted by molar-refractivity contribution is 5.80. The second-order valence-corrected chi connectivity index (χ2v) is 17.5. The van der Waals surface area contributed by atoms with E-state index >= 15 is 0 Å². The minimum atomic E-state index is -1.47. The molecule has 0 saturated heterocycles. The number of hydrogen-bond donors (Lipinski definition) is 7. The highest BCUT2D eigenvalue weighted by atomic mass is 16.3. The normalized spacial score (nSPS) is 44.2. The maximum absolute atomic E-state index is 12.9. The summed E-state index contributed by atoms with van der Waals surface area (Å²) in [5.74, 6) is 6.96. The lowest BCUT2D eigenvalue weighted by atomic mass is 9.46. The van der Waals surface area contributed by atoms with E-state index in [0.717, 1.165) is 43.3 Å². The minimum Gasteiger partial charge on any atom is -0.390 e. The molecule has 1 aromatic carbocycles. The van der Waals surface area contributed by atoms with Crippen LogP contribution in [0.3, 0.4) is 0 Å². The van der Waals surface area contributed by atoms with E-state index in [9.17, 15) is 20.4 Å². The topological polar surface area (TPSA) is 165 Å². The molecular formula is C41H52N6O4. The monoisotopic (exact) mass is 692 g/mol. The molecule has 7 aliphatic rings. The number of benzene rings is 1. The third-order valence-electron chi connectivity index (χ3n) is 14.8. The van der Waals surface area contributed by atoms with Crippen LogP contribution in [-0.2, 0) is 13.0 Å².